The van der Waals surface area contributed by atoms with Crippen molar-refractivity contribution in [2.45, 2.75) is 17.9 Å². The maximum atomic E-state index is 12.1. The van der Waals surface area contributed by atoms with Crippen molar-refractivity contribution >= 4 is 28.6 Å². The summed E-state index contributed by atoms with van der Waals surface area (Å²) in [5, 5.41) is 19.6. The summed E-state index contributed by atoms with van der Waals surface area (Å²) >= 11 is 1.52. The van der Waals surface area contributed by atoms with Crippen LogP contribution in [0.4, 0.5) is 0 Å². The van der Waals surface area contributed by atoms with Crippen molar-refractivity contribution in [1.82, 2.24) is 4.57 Å². The van der Waals surface area contributed by atoms with E-state index in [4.69, 9.17) is 5.11 Å². The lowest BCUT2D eigenvalue weighted by Crippen LogP contribution is -2.25. The first-order chi connectivity index (χ1) is 9.04. The first-order valence-electron chi connectivity index (χ1n) is 5.74. The predicted octanol–water partition coefficient (Wildman–Crippen LogP) is 1.68. The quantitative estimate of drug-likeness (QED) is 0.816. The number of hydrogen-bond acceptors (Lipinski definition) is 4. The van der Waals surface area contributed by atoms with E-state index in [-0.39, 0.29) is 0 Å². The van der Waals surface area contributed by atoms with E-state index in [2.05, 4.69) is 0 Å². The Hall–Kier alpha value is -1.95. The lowest BCUT2D eigenvalue weighted by atomic mass is 10.1. The number of nitrogens with zero attached hydrogens (tertiary/aromatic N) is 1. The number of aromatic hydroxyl groups is 1. The van der Waals surface area contributed by atoms with E-state index in [1.165, 1.54) is 16.3 Å². The second kappa shape index (κ2) is 4.03. The van der Waals surface area contributed by atoms with Gasteiger partial charge < -0.3 is 14.8 Å². The van der Waals surface area contributed by atoms with Crippen LogP contribution in [0.25, 0.3) is 10.9 Å². The van der Waals surface area contributed by atoms with E-state index in [0.717, 1.165) is 10.5 Å². The molecule has 0 radical (unpaired) electrons. The SMILES string of the molecule is CSc1cc2c3c(c1)c(O)c(C(=O)O)c(=O)n3CC2. The van der Waals surface area contributed by atoms with Crippen molar-refractivity contribution in [3.05, 3.63) is 33.6 Å². The molecule has 1 aromatic carbocycles. The first kappa shape index (κ1) is 12.1. The predicted molar refractivity (Wildman–Crippen MR) is 72.3 cm³/mol. The van der Waals surface area contributed by atoms with Crippen LogP contribution in [-0.4, -0.2) is 27.0 Å². The van der Waals surface area contributed by atoms with Gasteiger partial charge in [-0.05, 0) is 30.4 Å². The van der Waals surface area contributed by atoms with Crippen LogP contribution in [0.2, 0.25) is 0 Å². The molecule has 0 bridgehead atoms. The smallest absolute Gasteiger partial charge is 0.345 e. The molecule has 0 saturated carbocycles. The molecular weight excluding hydrogens is 266 g/mol. The molecule has 0 aliphatic carbocycles. The molecule has 0 amide bonds. The number of aromatic nitrogens is 1. The minimum Gasteiger partial charge on any atom is -0.506 e. The van der Waals surface area contributed by atoms with Gasteiger partial charge >= 0.3 is 5.97 Å². The van der Waals surface area contributed by atoms with Gasteiger partial charge in [0.25, 0.3) is 5.56 Å². The molecule has 2 aromatic rings. The fourth-order valence-electron chi connectivity index (χ4n) is 2.58. The monoisotopic (exact) mass is 277 g/mol. The summed E-state index contributed by atoms with van der Waals surface area (Å²) in [4.78, 5) is 24.2. The van der Waals surface area contributed by atoms with Gasteiger partial charge in [0.1, 0.15) is 5.75 Å². The van der Waals surface area contributed by atoms with Crippen molar-refractivity contribution in [1.29, 1.82) is 0 Å². The van der Waals surface area contributed by atoms with Gasteiger partial charge in [0.05, 0.1) is 5.52 Å². The Morgan fingerprint density at radius 3 is 2.79 bits per heavy atom. The van der Waals surface area contributed by atoms with Gasteiger partial charge in [-0.15, -0.1) is 11.8 Å². The van der Waals surface area contributed by atoms with E-state index >= 15 is 0 Å². The van der Waals surface area contributed by atoms with Crippen LogP contribution in [0.15, 0.2) is 21.8 Å². The molecule has 19 heavy (non-hydrogen) atoms. The zero-order chi connectivity index (χ0) is 13.7. The van der Waals surface area contributed by atoms with E-state index in [9.17, 15) is 14.7 Å². The molecule has 1 aliphatic heterocycles. The average Bonchev–Trinajstić information content (AvgIpc) is 2.79. The summed E-state index contributed by atoms with van der Waals surface area (Å²) in [6.45, 7) is 0.461. The van der Waals surface area contributed by atoms with E-state index in [0.29, 0.717) is 23.9 Å². The molecule has 1 aliphatic rings. The van der Waals surface area contributed by atoms with Crippen LogP contribution in [-0.2, 0) is 13.0 Å². The van der Waals surface area contributed by atoms with Crippen LogP contribution in [0.1, 0.15) is 15.9 Å². The van der Waals surface area contributed by atoms with E-state index in [1.54, 1.807) is 6.07 Å². The van der Waals surface area contributed by atoms with Crippen LogP contribution in [0, 0.1) is 0 Å². The molecule has 2 N–H and O–H groups in total. The fraction of sp³-hybridized carbons (Fsp3) is 0.231. The van der Waals surface area contributed by atoms with Gasteiger partial charge in [-0.1, -0.05) is 0 Å². The van der Waals surface area contributed by atoms with E-state index < -0.39 is 22.8 Å². The fourth-order valence-corrected chi connectivity index (χ4v) is 3.08. The zero-order valence-electron chi connectivity index (χ0n) is 10.1. The third kappa shape index (κ3) is 1.56. The second-order valence-electron chi connectivity index (χ2n) is 4.42. The Labute approximate surface area is 112 Å². The van der Waals surface area contributed by atoms with Crippen molar-refractivity contribution < 1.29 is 15.0 Å². The Morgan fingerprint density at radius 1 is 1.42 bits per heavy atom. The number of benzene rings is 1. The van der Waals surface area contributed by atoms with Crippen molar-refractivity contribution in [2.75, 3.05) is 6.26 Å². The highest BCUT2D eigenvalue weighted by atomic mass is 32.2. The molecule has 98 valence electrons. The number of thioether (sulfide) groups is 1. The van der Waals surface area contributed by atoms with Gasteiger partial charge in [-0.25, -0.2) is 4.79 Å². The highest BCUT2D eigenvalue weighted by Gasteiger charge is 2.26. The van der Waals surface area contributed by atoms with Crippen molar-refractivity contribution in [3.8, 4) is 5.75 Å². The normalized spacial score (nSPS) is 13.1. The number of aryl methyl sites for hydroxylation is 2. The Kier molecular flexibility index (Phi) is 2.56. The minimum atomic E-state index is -1.39. The maximum Gasteiger partial charge on any atom is 0.345 e. The van der Waals surface area contributed by atoms with E-state index in [1.807, 2.05) is 12.3 Å². The molecule has 3 rings (SSSR count). The molecule has 0 unspecified atom stereocenters. The summed E-state index contributed by atoms with van der Waals surface area (Å²) in [5.41, 5.74) is 0.461. The summed E-state index contributed by atoms with van der Waals surface area (Å²) in [5.74, 6) is -1.82. The van der Waals surface area contributed by atoms with Gasteiger partial charge in [0.2, 0.25) is 0 Å². The lowest BCUT2D eigenvalue weighted by molar-refractivity contribution is 0.0691. The number of carboxylic acids is 1. The second-order valence-corrected chi connectivity index (χ2v) is 5.30. The summed E-state index contributed by atoms with van der Waals surface area (Å²) < 4.78 is 1.44. The highest BCUT2D eigenvalue weighted by Crippen LogP contribution is 2.35. The summed E-state index contributed by atoms with van der Waals surface area (Å²) in [7, 11) is 0. The van der Waals surface area contributed by atoms with Gasteiger partial charge in [0.15, 0.2) is 5.56 Å². The number of rotatable bonds is 2. The van der Waals surface area contributed by atoms with Crippen LogP contribution in [0.5, 0.6) is 5.75 Å². The van der Waals surface area contributed by atoms with Crippen molar-refractivity contribution in [2.24, 2.45) is 0 Å². The molecule has 1 aromatic heterocycles. The first-order valence-corrected chi connectivity index (χ1v) is 6.96. The molecule has 6 heteroatoms. The molecule has 0 spiro atoms. The number of aromatic carboxylic acids is 1. The number of hydrogen-bond donors (Lipinski definition) is 2. The zero-order valence-corrected chi connectivity index (χ0v) is 11.0. The van der Waals surface area contributed by atoms with Gasteiger partial charge in [-0.3, -0.25) is 4.79 Å². The summed E-state index contributed by atoms with van der Waals surface area (Å²) in [6, 6.07) is 3.71. The highest BCUT2D eigenvalue weighted by molar-refractivity contribution is 7.98. The van der Waals surface area contributed by atoms with Gasteiger partial charge in [-0.2, -0.15) is 0 Å². The Morgan fingerprint density at radius 2 is 2.16 bits per heavy atom. The standard InChI is InChI=1S/C13H11NO4S/c1-19-7-4-6-2-3-14-10(6)8(5-7)11(15)9(12(14)16)13(17)18/h4-5,15H,2-3H2,1H3,(H,17,18). The maximum absolute atomic E-state index is 12.1. The molecule has 5 nitrogen and oxygen atoms in total. The lowest BCUT2D eigenvalue weighted by Gasteiger charge is -2.10. The minimum absolute atomic E-state index is 0.428. The molecule has 0 atom stereocenters. The van der Waals surface area contributed by atoms with Gasteiger partial charge in [0, 0.05) is 16.8 Å². The molecule has 2 heterocycles. The number of pyridine rings is 1. The third-order valence-corrected chi connectivity index (χ3v) is 4.14. The Balaban J connectivity index is 2.54. The van der Waals surface area contributed by atoms with Crippen molar-refractivity contribution in [3.63, 3.8) is 0 Å². The molecular formula is C13H11NO4S. The Bertz CT molecular complexity index is 779. The largest absolute Gasteiger partial charge is 0.506 e. The molecule has 0 fully saturated rings. The number of carboxylic acid groups (broad SMARTS) is 1. The van der Waals surface area contributed by atoms with Crippen LogP contribution >= 0.6 is 11.8 Å². The number of carbonyl (C=O) groups is 1. The average molecular weight is 277 g/mol. The topological polar surface area (TPSA) is 79.5 Å². The molecule has 0 saturated heterocycles. The van der Waals surface area contributed by atoms with Crippen LogP contribution < -0.4 is 5.56 Å². The third-order valence-electron chi connectivity index (χ3n) is 3.44. The van der Waals surface area contributed by atoms with Crippen LogP contribution in [0.3, 0.4) is 0 Å². The summed E-state index contributed by atoms with van der Waals surface area (Å²) in [6.07, 6.45) is 2.59.